The average molecular weight is 171 g/mol. The Morgan fingerprint density at radius 1 is 1.83 bits per heavy atom. The van der Waals surface area contributed by atoms with E-state index in [1.54, 1.807) is 6.92 Å². The van der Waals surface area contributed by atoms with Gasteiger partial charge in [-0.1, -0.05) is 0 Å². The zero-order valence-electron chi connectivity index (χ0n) is 7.04. The van der Waals surface area contributed by atoms with Crippen molar-refractivity contribution in [3.05, 3.63) is 0 Å². The third-order valence-electron chi connectivity index (χ3n) is 2.98. The van der Waals surface area contributed by atoms with E-state index in [2.05, 4.69) is 5.32 Å². The van der Waals surface area contributed by atoms with Gasteiger partial charge in [0.05, 0.1) is 5.92 Å². The van der Waals surface area contributed by atoms with Crippen molar-refractivity contribution in [3.8, 4) is 0 Å². The highest BCUT2D eigenvalue weighted by Gasteiger charge is 2.62. The number of carboxylic acid groups (broad SMARTS) is 1. The molecule has 2 aliphatic heterocycles. The summed E-state index contributed by atoms with van der Waals surface area (Å²) in [6.45, 7) is 3.40. The molecule has 0 radical (unpaired) electrons. The first-order chi connectivity index (χ1) is 5.67. The monoisotopic (exact) mass is 171 g/mol. The Labute approximate surface area is 70.9 Å². The number of rotatable bonds is 2. The molecule has 2 aliphatic rings. The maximum absolute atomic E-state index is 10.7. The van der Waals surface area contributed by atoms with Gasteiger partial charge < -0.3 is 15.2 Å². The van der Waals surface area contributed by atoms with Crippen LogP contribution in [0.1, 0.15) is 13.3 Å². The molecule has 2 heterocycles. The van der Waals surface area contributed by atoms with Crippen molar-refractivity contribution in [2.75, 3.05) is 13.1 Å². The third-order valence-corrected chi connectivity index (χ3v) is 2.98. The van der Waals surface area contributed by atoms with E-state index in [-0.39, 0.29) is 17.6 Å². The minimum absolute atomic E-state index is 0.136. The highest BCUT2D eigenvalue weighted by atomic mass is 16.6. The molecule has 12 heavy (non-hydrogen) atoms. The second-order valence-electron chi connectivity index (χ2n) is 3.58. The molecule has 0 aromatic heterocycles. The summed E-state index contributed by atoms with van der Waals surface area (Å²) in [5.74, 6) is -1.12. The number of aliphatic carboxylic acids is 1. The van der Waals surface area contributed by atoms with E-state index in [9.17, 15) is 4.79 Å². The highest BCUT2D eigenvalue weighted by Crippen LogP contribution is 2.47. The van der Waals surface area contributed by atoms with Gasteiger partial charge in [-0.15, -0.1) is 0 Å². The molecule has 3 atom stereocenters. The van der Waals surface area contributed by atoms with Gasteiger partial charge in [0, 0.05) is 6.54 Å². The summed E-state index contributed by atoms with van der Waals surface area (Å²) in [7, 11) is 0. The van der Waals surface area contributed by atoms with Crippen LogP contribution in [0, 0.1) is 5.92 Å². The van der Waals surface area contributed by atoms with Crippen LogP contribution in [0.25, 0.3) is 0 Å². The van der Waals surface area contributed by atoms with E-state index in [1.165, 1.54) is 0 Å². The molecular weight excluding hydrogens is 158 g/mol. The van der Waals surface area contributed by atoms with Gasteiger partial charge >= 0.3 is 5.97 Å². The van der Waals surface area contributed by atoms with Gasteiger partial charge in [0.25, 0.3) is 0 Å². The van der Waals surface area contributed by atoms with Crippen molar-refractivity contribution in [1.82, 2.24) is 5.32 Å². The maximum Gasteiger partial charge on any atom is 0.309 e. The first-order valence-electron chi connectivity index (χ1n) is 4.28. The molecule has 4 heteroatoms. The van der Waals surface area contributed by atoms with Crippen LogP contribution in [0.2, 0.25) is 0 Å². The summed E-state index contributed by atoms with van der Waals surface area (Å²) in [6.07, 6.45) is 0.961. The molecule has 0 amide bonds. The van der Waals surface area contributed by atoms with Crippen molar-refractivity contribution < 1.29 is 14.6 Å². The fraction of sp³-hybridized carbons (Fsp3) is 0.875. The number of carboxylic acids is 1. The Kier molecular flexibility index (Phi) is 1.63. The van der Waals surface area contributed by atoms with Gasteiger partial charge in [0.2, 0.25) is 0 Å². The van der Waals surface area contributed by atoms with Crippen LogP contribution in [0.15, 0.2) is 0 Å². The van der Waals surface area contributed by atoms with Gasteiger partial charge in [0.1, 0.15) is 11.7 Å². The molecule has 3 unspecified atom stereocenters. The largest absolute Gasteiger partial charge is 0.481 e. The van der Waals surface area contributed by atoms with Crippen molar-refractivity contribution in [3.63, 3.8) is 0 Å². The molecule has 0 aromatic rings. The second-order valence-corrected chi connectivity index (χ2v) is 3.58. The first kappa shape index (κ1) is 8.01. The summed E-state index contributed by atoms with van der Waals surface area (Å²) >= 11 is 0. The average Bonchev–Trinajstić information content (AvgIpc) is 2.77. The summed E-state index contributed by atoms with van der Waals surface area (Å²) in [5, 5.41) is 12.0. The van der Waals surface area contributed by atoms with Gasteiger partial charge in [-0.3, -0.25) is 4.79 Å². The normalized spacial score (nSPS) is 41.6. The molecule has 0 aliphatic carbocycles. The minimum Gasteiger partial charge on any atom is -0.481 e. The summed E-state index contributed by atoms with van der Waals surface area (Å²) < 4.78 is 5.45. The summed E-state index contributed by atoms with van der Waals surface area (Å²) in [5.41, 5.74) is -0.336. The van der Waals surface area contributed by atoms with Crippen LogP contribution in [0.5, 0.6) is 0 Å². The SMILES string of the molecule is CC(C(=O)O)C12CCNCC1O2. The lowest BCUT2D eigenvalue weighted by Crippen LogP contribution is -2.41. The summed E-state index contributed by atoms with van der Waals surface area (Å²) in [6, 6.07) is 0. The topological polar surface area (TPSA) is 61.9 Å². The molecule has 68 valence electrons. The molecule has 0 saturated carbocycles. The zero-order valence-corrected chi connectivity index (χ0v) is 7.04. The lowest BCUT2D eigenvalue weighted by atomic mass is 9.85. The standard InChI is InChI=1S/C8H13NO3/c1-5(7(10)11)8-2-3-9-4-6(8)12-8/h5-6,9H,2-4H2,1H3,(H,10,11). The number of nitrogens with one attached hydrogen (secondary N) is 1. The van der Waals surface area contributed by atoms with E-state index in [0.29, 0.717) is 0 Å². The predicted molar refractivity (Wildman–Crippen MR) is 41.9 cm³/mol. The first-order valence-corrected chi connectivity index (χ1v) is 4.28. The summed E-state index contributed by atoms with van der Waals surface area (Å²) in [4.78, 5) is 10.7. The molecule has 2 rings (SSSR count). The lowest BCUT2D eigenvalue weighted by Gasteiger charge is -2.21. The quantitative estimate of drug-likeness (QED) is 0.567. The Hall–Kier alpha value is -0.610. The van der Waals surface area contributed by atoms with Gasteiger partial charge in [-0.05, 0) is 19.9 Å². The number of epoxide rings is 1. The fourth-order valence-corrected chi connectivity index (χ4v) is 1.99. The number of carbonyl (C=O) groups is 1. The molecular formula is C8H13NO3. The Morgan fingerprint density at radius 3 is 3.17 bits per heavy atom. The van der Waals surface area contributed by atoms with E-state index in [1.807, 2.05) is 0 Å². The van der Waals surface area contributed by atoms with E-state index in [0.717, 1.165) is 19.5 Å². The van der Waals surface area contributed by atoms with Crippen molar-refractivity contribution in [1.29, 1.82) is 0 Å². The van der Waals surface area contributed by atoms with Crippen molar-refractivity contribution in [2.45, 2.75) is 25.0 Å². The van der Waals surface area contributed by atoms with Gasteiger partial charge in [-0.2, -0.15) is 0 Å². The smallest absolute Gasteiger partial charge is 0.309 e. The molecule has 0 spiro atoms. The molecule has 4 nitrogen and oxygen atoms in total. The number of hydrogen-bond donors (Lipinski definition) is 2. The predicted octanol–water partition coefficient (Wildman–Crippen LogP) is -0.162. The van der Waals surface area contributed by atoms with Crippen LogP contribution in [0.4, 0.5) is 0 Å². The zero-order chi connectivity index (χ0) is 8.77. The number of piperidine rings is 1. The maximum atomic E-state index is 10.7. The fourth-order valence-electron chi connectivity index (χ4n) is 1.99. The van der Waals surface area contributed by atoms with Crippen molar-refractivity contribution >= 4 is 5.97 Å². The van der Waals surface area contributed by atoms with Gasteiger partial charge in [0.15, 0.2) is 0 Å². The molecule has 0 bridgehead atoms. The molecule has 2 N–H and O–H groups in total. The molecule has 2 fully saturated rings. The lowest BCUT2D eigenvalue weighted by molar-refractivity contribution is -0.143. The van der Waals surface area contributed by atoms with Crippen LogP contribution in [-0.2, 0) is 9.53 Å². The Balaban J connectivity index is 2.08. The molecule has 2 saturated heterocycles. The number of ether oxygens (including phenoxy) is 1. The van der Waals surface area contributed by atoms with E-state index >= 15 is 0 Å². The van der Waals surface area contributed by atoms with Crippen LogP contribution in [0.3, 0.4) is 0 Å². The number of fused-ring (bicyclic) bond motifs is 1. The van der Waals surface area contributed by atoms with E-state index in [4.69, 9.17) is 9.84 Å². The minimum atomic E-state index is -0.751. The molecule has 0 aromatic carbocycles. The van der Waals surface area contributed by atoms with Crippen LogP contribution < -0.4 is 5.32 Å². The number of hydrogen-bond acceptors (Lipinski definition) is 3. The van der Waals surface area contributed by atoms with Crippen LogP contribution >= 0.6 is 0 Å². The Morgan fingerprint density at radius 2 is 2.58 bits per heavy atom. The van der Waals surface area contributed by atoms with Gasteiger partial charge in [-0.25, -0.2) is 0 Å². The van der Waals surface area contributed by atoms with E-state index < -0.39 is 5.97 Å². The Bertz CT molecular complexity index is 218. The van der Waals surface area contributed by atoms with Crippen molar-refractivity contribution in [2.24, 2.45) is 5.92 Å². The highest BCUT2D eigenvalue weighted by molar-refractivity contribution is 5.72. The van der Waals surface area contributed by atoms with Crippen LogP contribution in [-0.4, -0.2) is 35.9 Å². The second kappa shape index (κ2) is 2.44. The third kappa shape index (κ3) is 0.949.